The number of halogens is 1. The van der Waals surface area contributed by atoms with Gasteiger partial charge in [0.15, 0.2) is 0 Å². The molecule has 3 aromatic rings. The third-order valence-corrected chi connectivity index (χ3v) is 8.42. The van der Waals surface area contributed by atoms with Gasteiger partial charge in [-0.05, 0) is 56.4 Å². The lowest BCUT2D eigenvalue weighted by molar-refractivity contribution is 0.0728. The summed E-state index contributed by atoms with van der Waals surface area (Å²) >= 11 is 1.57. The molecule has 0 aliphatic carbocycles. The minimum atomic E-state index is -1.02. The number of aryl methyl sites for hydroxylation is 1. The lowest BCUT2D eigenvalue weighted by Gasteiger charge is -2.29. The van der Waals surface area contributed by atoms with Gasteiger partial charge >= 0.3 is 0 Å². The summed E-state index contributed by atoms with van der Waals surface area (Å²) in [4.78, 5) is 33.3. The predicted molar refractivity (Wildman–Crippen MR) is 145 cm³/mol. The first-order valence-electron chi connectivity index (χ1n) is 13.1. The van der Waals surface area contributed by atoms with Gasteiger partial charge in [0, 0.05) is 41.3 Å². The molecule has 5 atom stereocenters. The molecule has 3 N–H and O–H groups in total. The van der Waals surface area contributed by atoms with Crippen LogP contribution < -0.4 is 10.6 Å². The standard InChI is InChI=1S/C29H33FN4O3S/c1-18-17-38-28(32-18)25-11-6-12-34(25)29(37)21-10-5-9-20(14-21)27(36)33-24(13-19-7-3-2-4-8-19)26(35)23-15-22(30)16-31-23/h2-5,7-10,14,17,22-26,31,35H,6,11-13,15-16H2,1H3,(H,33,36). The summed E-state index contributed by atoms with van der Waals surface area (Å²) in [6, 6.07) is 15.1. The molecule has 2 aliphatic rings. The van der Waals surface area contributed by atoms with Crippen LogP contribution in [0.4, 0.5) is 4.39 Å². The molecule has 2 aliphatic heterocycles. The van der Waals surface area contributed by atoms with E-state index < -0.39 is 24.4 Å². The van der Waals surface area contributed by atoms with Crippen molar-refractivity contribution in [1.29, 1.82) is 0 Å². The Morgan fingerprint density at radius 2 is 2.00 bits per heavy atom. The van der Waals surface area contributed by atoms with E-state index in [1.807, 2.05) is 47.5 Å². The van der Waals surface area contributed by atoms with Gasteiger partial charge in [0.2, 0.25) is 0 Å². The Kier molecular flexibility index (Phi) is 8.16. The molecule has 0 bridgehead atoms. The van der Waals surface area contributed by atoms with Gasteiger partial charge in [-0.25, -0.2) is 9.37 Å². The maximum absolute atomic E-state index is 13.8. The van der Waals surface area contributed by atoms with E-state index in [-0.39, 0.29) is 30.8 Å². The number of aliphatic hydroxyl groups excluding tert-OH is 1. The minimum absolute atomic E-state index is 0.0534. The van der Waals surface area contributed by atoms with Crippen molar-refractivity contribution in [3.63, 3.8) is 0 Å². The fourth-order valence-corrected chi connectivity index (χ4v) is 6.33. The van der Waals surface area contributed by atoms with Crippen molar-refractivity contribution in [3.8, 4) is 0 Å². The zero-order valence-corrected chi connectivity index (χ0v) is 22.2. The van der Waals surface area contributed by atoms with Crippen LogP contribution in [0.15, 0.2) is 60.0 Å². The van der Waals surface area contributed by atoms with E-state index in [2.05, 4.69) is 15.6 Å². The molecule has 0 spiro atoms. The number of carbonyl (C=O) groups excluding carboxylic acids is 2. The van der Waals surface area contributed by atoms with E-state index in [1.54, 1.807) is 35.6 Å². The number of amides is 2. The molecule has 1 aromatic heterocycles. The third-order valence-electron chi connectivity index (χ3n) is 7.36. The highest BCUT2D eigenvalue weighted by molar-refractivity contribution is 7.09. The molecule has 0 radical (unpaired) electrons. The highest BCUT2D eigenvalue weighted by Crippen LogP contribution is 2.34. The van der Waals surface area contributed by atoms with Crippen LogP contribution in [-0.4, -0.2) is 64.3 Å². The Bertz CT molecular complexity index is 1270. The summed E-state index contributed by atoms with van der Waals surface area (Å²) in [7, 11) is 0. The Balaban J connectivity index is 1.32. The van der Waals surface area contributed by atoms with Gasteiger partial charge in [0.05, 0.1) is 18.2 Å². The van der Waals surface area contributed by atoms with E-state index >= 15 is 0 Å². The van der Waals surface area contributed by atoms with Gasteiger partial charge in [-0.3, -0.25) is 9.59 Å². The number of aromatic nitrogens is 1. The fraction of sp³-hybridized carbons (Fsp3) is 0.414. The smallest absolute Gasteiger partial charge is 0.254 e. The lowest BCUT2D eigenvalue weighted by atomic mass is 9.95. The summed E-state index contributed by atoms with van der Waals surface area (Å²) in [5.74, 6) is -0.511. The van der Waals surface area contributed by atoms with Crippen LogP contribution in [0.5, 0.6) is 0 Å². The largest absolute Gasteiger partial charge is 0.389 e. The number of aliphatic hydroxyl groups is 1. The molecule has 7 nitrogen and oxygen atoms in total. The van der Waals surface area contributed by atoms with Crippen LogP contribution >= 0.6 is 11.3 Å². The molecule has 200 valence electrons. The Labute approximate surface area is 226 Å². The van der Waals surface area contributed by atoms with Crippen molar-refractivity contribution in [3.05, 3.63) is 87.4 Å². The molecule has 38 heavy (non-hydrogen) atoms. The van der Waals surface area contributed by atoms with Crippen molar-refractivity contribution < 1.29 is 19.1 Å². The average Bonchev–Trinajstić information content (AvgIpc) is 3.69. The van der Waals surface area contributed by atoms with E-state index in [0.717, 1.165) is 29.1 Å². The van der Waals surface area contributed by atoms with E-state index in [0.29, 0.717) is 24.1 Å². The molecule has 3 heterocycles. The van der Waals surface area contributed by atoms with Gasteiger partial charge in [-0.15, -0.1) is 11.3 Å². The van der Waals surface area contributed by atoms with Crippen LogP contribution in [0.1, 0.15) is 62.3 Å². The topological polar surface area (TPSA) is 94.6 Å². The second kappa shape index (κ2) is 11.7. The highest BCUT2D eigenvalue weighted by atomic mass is 32.1. The molecular weight excluding hydrogens is 503 g/mol. The van der Waals surface area contributed by atoms with Crippen LogP contribution in [-0.2, 0) is 6.42 Å². The van der Waals surface area contributed by atoms with Crippen molar-refractivity contribution in [2.24, 2.45) is 0 Å². The van der Waals surface area contributed by atoms with Gasteiger partial charge in [-0.2, -0.15) is 0 Å². The number of nitrogens with zero attached hydrogens (tertiary/aromatic N) is 2. The number of rotatable bonds is 8. The molecule has 2 fully saturated rings. The second-order valence-corrected chi connectivity index (χ2v) is 11.1. The van der Waals surface area contributed by atoms with Gasteiger partial charge < -0.3 is 20.6 Å². The minimum Gasteiger partial charge on any atom is -0.389 e. The van der Waals surface area contributed by atoms with E-state index in [4.69, 9.17) is 0 Å². The zero-order valence-electron chi connectivity index (χ0n) is 21.3. The average molecular weight is 537 g/mol. The van der Waals surface area contributed by atoms with Gasteiger partial charge in [-0.1, -0.05) is 36.4 Å². The Morgan fingerprint density at radius 3 is 2.71 bits per heavy atom. The molecule has 5 unspecified atom stereocenters. The first-order chi connectivity index (χ1) is 18.4. The summed E-state index contributed by atoms with van der Waals surface area (Å²) in [6.07, 6.45) is 0.368. The predicted octanol–water partition coefficient (Wildman–Crippen LogP) is 3.83. The molecule has 0 saturated carbocycles. The molecular formula is C29H33FN4O3S. The van der Waals surface area contributed by atoms with Gasteiger partial charge in [0.25, 0.3) is 11.8 Å². The second-order valence-electron chi connectivity index (χ2n) is 10.2. The molecule has 2 amide bonds. The van der Waals surface area contributed by atoms with Gasteiger partial charge in [0.1, 0.15) is 11.2 Å². The van der Waals surface area contributed by atoms with Crippen molar-refractivity contribution in [2.45, 2.75) is 63.0 Å². The summed E-state index contributed by atoms with van der Waals surface area (Å²) in [5.41, 5.74) is 2.68. The molecule has 2 aromatic carbocycles. The number of nitrogens with one attached hydrogen (secondary N) is 2. The first-order valence-corrected chi connectivity index (χ1v) is 14.0. The zero-order chi connectivity index (χ0) is 26.6. The van der Waals surface area contributed by atoms with Crippen molar-refractivity contribution in [2.75, 3.05) is 13.1 Å². The van der Waals surface area contributed by atoms with E-state index in [9.17, 15) is 19.1 Å². The summed E-state index contributed by atoms with van der Waals surface area (Å²) in [5, 5.41) is 20.0. The Morgan fingerprint density at radius 1 is 1.21 bits per heavy atom. The normalized spacial score (nSPS) is 22.8. The highest BCUT2D eigenvalue weighted by Gasteiger charge is 2.35. The molecule has 5 rings (SSSR count). The van der Waals surface area contributed by atoms with Crippen LogP contribution in [0.25, 0.3) is 0 Å². The molecule has 9 heteroatoms. The maximum Gasteiger partial charge on any atom is 0.254 e. The number of alkyl halides is 1. The first kappa shape index (κ1) is 26.5. The number of benzene rings is 2. The number of likely N-dealkylation sites (tertiary alicyclic amines) is 1. The van der Waals surface area contributed by atoms with Crippen molar-refractivity contribution >= 4 is 23.2 Å². The number of hydrogen-bond donors (Lipinski definition) is 3. The maximum atomic E-state index is 13.8. The van der Waals surface area contributed by atoms with Crippen LogP contribution in [0.3, 0.4) is 0 Å². The summed E-state index contributed by atoms with van der Waals surface area (Å²) in [6.45, 7) is 2.79. The van der Waals surface area contributed by atoms with Crippen molar-refractivity contribution in [1.82, 2.24) is 20.5 Å². The SMILES string of the molecule is Cc1csc(C2CCCN2C(=O)c2cccc(C(=O)NC(Cc3ccccc3)C(O)C3CC(F)CN3)c2)n1. The number of hydrogen-bond acceptors (Lipinski definition) is 6. The van der Waals surface area contributed by atoms with Crippen LogP contribution in [0.2, 0.25) is 0 Å². The molecule has 2 saturated heterocycles. The summed E-state index contributed by atoms with van der Waals surface area (Å²) < 4.78 is 13.8. The monoisotopic (exact) mass is 536 g/mol. The fourth-order valence-electron chi connectivity index (χ4n) is 5.39. The van der Waals surface area contributed by atoms with Crippen LogP contribution in [0, 0.1) is 6.92 Å². The quantitative estimate of drug-likeness (QED) is 0.407. The third kappa shape index (κ3) is 5.95. The number of thiazole rings is 1. The lowest BCUT2D eigenvalue weighted by Crippen LogP contribution is -2.52. The Hall–Kier alpha value is -3.14. The number of carbonyl (C=O) groups is 2. The van der Waals surface area contributed by atoms with E-state index in [1.165, 1.54) is 0 Å².